The summed E-state index contributed by atoms with van der Waals surface area (Å²) in [6, 6.07) is 3.00. The van der Waals surface area contributed by atoms with Gasteiger partial charge in [-0.3, -0.25) is 14.5 Å². The molecule has 1 atom stereocenters. The van der Waals surface area contributed by atoms with E-state index >= 15 is 0 Å². The Labute approximate surface area is 140 Å². The molecule has 24 heavy (non-hydrogen) atoms. The quantitative estimate of drug-likeness (QED) is 0.887. The predicted molar refractivity (Wildman–Crippen MR) is 86.6 cm³/mol. The van der Waals surface area contributed by atoms with E-state index in [1.807, 2.05) is 18.7 Å². The van der Waals surface area contributed by atoms with Crippen molar-refractivity contribution in [2.24, 2.45) is 0 Å². The minimum atomic E-state index is -0.725. The molecule has 5 nitrogen and oxygen atoms in total. The molecule has 1 saturated heterocycles. The summed E-state index contributed by atoms with van der Waals surface area (Å²) in [6.07, 6.45) is 0.868. The summed E-state index contributed by atoms with van der Waals surface area (Å²) < 4.78 is 26.9. The summed E-state index contributed by atoms with van der Waals surface area (Å²) in [4.78, 5) is 27.6. The van der Waals surface area contributed by atoms with E-state index in [0.717, 1.165) is 24.6 Å². The molecule has 1 aromatic rings. The Morgan fingerprint density at radius 1 is 1.21 bits per heavy atom. The Bertz CT molecular complexity index is 601. The maximum Gasteiger partial charge on any atom is 0.257 e. The van der Waals surface area contributed by atoms with Crippen LogP contribution >= 0.6 is 0 Å². The minimum absolute atomic E-state index is 0.0414. The Kier molecular flexibility index (Phi) is 6.25. The van der Waals surface area contributed by atoms with Gasteiger partial charge in [-0.05, 0) is 31.5 Å². The zero-order chi connectivity index (χ0) is 17.7. The van der Waals surface area contributed by atoms with Gasteiger partial charge in [-0.2, -0.15) is 0 Å². The highest BCUT2D eigenvalue weighted by Crippen LogP contribution is 2.14. The van der Waals surface area contributed by atoms with Crippen molar-refractivity contribution in [3.8, 4) is 0 Å². The summed E-state index contributed by atoms with van der Waals surface area (Å²) in [5.41, 5.74) is -0.252. The first-order chi connectivity index (χ1) is 11.4. The number of rotatable bonds is 5. The van der Waals surface area contributed by atoms with E-state index < -0.39 is 17.5 Å². The first kappa shape index (κ1) is 18.3. The first-order valence-electron chi connectivity index (χ1n) is 8.16. The second-order valence-corrected chi connectivity index (χ2v) is 6.07. The van der Waals surface area contributed by atoms with Crippen LogP contribution in [0.1, 0.15) is 30.6 Å². The van der Waals surface area contributed by atoms with Crippen LogP contribution in [0.3, 0.4) is 0 Å². The van der Waals surface area contributed by atoms with Gasteiger partial charge in [0.05, 0.1) is 12.1 Å². The van der Waals surface area contributed by atoms with Crippen molar-refractivity contribution in [1.29, 1.82) is 0 Å². The summed E-state index contributed by atoms with van der Waals surface area (Å²) in [6.45, 7) is 6.04. The second-order valence-electron chi connectivity index (χ2n) is 6.07. The molecule has 1 unspecified atom stereocenters. The van der Waals surface area contributed by atoms with E-state index in [0.29, 0.717) is 26.2 Å². The number of carbonyl (C=O) groups excluding carboxylic acids is 2. The van der Waals surface area contributed by atoms with Gasteiger partial charge in [0, 0.05) is 32.2 Å². The molecule has 0 aliphatic carbocycles. The van der Waals surface area contributed by atoms with Crippen LogP contribution in [0.5, 0.6) is 0 Å². The third kappa shape index (κ3) is 4.74. The molecule has 1 N–H and O–H groups in total. The van der Waals surface area contributed by atoms with Gasteiger partial charge in [0.25, 0.3) is 5.91 Å². The van der Waals surface area contributed by atoms with E-state index in [4.69, 9.17) is 0 Å². The van der Waals surface area contributed by atoms with Crippen LogP contribution in [0.15, 0.2) is 18.2 Å². The van der Waals surface area contributed by atoms with E-state index in [9.17, 15) is 18.4 Å². The van der Waals surface area contributed by atoms with Crippen molar-refractivity contribution in [2.45, 2.75) is 26.3 Å². The van der Waals surface area contributed by atoms with Crippen LogP contribution in [-0.2, 0) is 4.79 Å². The molecule has 0 bridgehead atoms. The SMILES string of the molecule is CCC(C)NC(=O)CN1CCN(C(=O)c2cc(F)ccc2F)CC1. The van der Waals surface area contributed by atoms with Gasteiger partial charge in [-0.25, -0.2) is 8.78 Å². The molecular formula is C17H23F2N3O2. The van der Waals surface area contributed by atoms with Crippen LogP contribution in [-0.4, -0.2) is 60.4 Å². The second kappa shape index (κ2) is 8.19. The van der Waals surface area contributed by atoms with Crippen molar-refractivity contribution < 1.29 is 18.4 Å². The largest absolute Gasteiger partial charge is 0.353 e. The average molecular weight is 339 g/mol. The van der Waals surface area contributed by atoms with Gasteiger partial charge < -0.3 is 10.2 Å². The van der Waals surface area contributed by atoms with Crippen LogP contribution in [0.4, 0.5) is 8.78 Å². The lowest BCUT2D eigenvalue weighted by molar-refractivity contribution is -0.123. The monoisotopic (exact) mass is 339 g/mol. The van der Waals surface area contributed by atoms with Crippen LogP contribution in [0.2, 0.25) is 0 Å². The third-order valence-electron chi connectivity index (χ3n) is 4.21. The van der Waals surface area contributed by atoms with Crippen molar-refractivity contribution in [2.75, 3.05) is 32.7 Å². The van der Waals surface area contributed by atoms with Crippen molar-refractivity contribution in [3.05, 3.63) is 35.4 Å². The molecule has 1 fully saturated rings. The molecule has 0 aromatic heterocycles. The lowest BCUT2D eigenvalue weighted by atomic mass is 10.1. The lowest BCUT2D eigenvalue weighted by Crippen LogP contribution is -2.51. The van der Waals surface area contributed by atoms with Gasteiger partial charge in [-0.15, -0.1) is 0 Å². The molecule has 2 rings (SSSR count). The molecule has 0 spiro atoms. The van der Waals surface area contributed by atoms with Gasteiger partial charge in [0.15, 0.2) is 0 Å². The standard InChI is InChI=1S/C17H23F2N3O2/c1-3-12(2)20-16(23)11-21-6-8-22(9-7-21)17(24)14-10-13(18)4-5-15(14)19/h4-5,10,12H,3,6-9,11H2,1-2H3,(H,20,23). The van der Waals surface area contributed by atoms with Crippen LogP contribution in [0, 0.1) is 11.6 Å². The van der Waals surface area contributed by atoms with Gasteiger partial charge in [0.1, 0.15) is 11.6 Å². The van der Waals surface area contributed by atoms with E-state index in [2.05, 4.69) is 5.32 Å². The Balaban J connectivity index is 1.87. The molecule has 2 amide bonds. The number of carbonyl (C=O) groups is 2. The first-order valence-corrected chi connectivity index (χ1v) is 8.16. The van der Waals surface area contributed by atoms with Gasteiger partial charge >= 0.3 is 0 Å². The number of nitrogens with one attached hydrogen (secondary N) is 1. The molecule has 0 saturated carbocycles. The Morgan fingerprint density at radius 3 is 2.50 bits per heavy atom. The molecule has 1 heterocycles. The molecule has 1 aliphatic rings. The van der Waals surface area contributed by atoms with E-state index in [1.54, 1.807) is 0 Å². The maximum atomic E-state index is 13.7. The zero-order valence-electron chi connectivity index (χ0n) is 14.0. The normalized spacial score (nSPS) is 16.8. The van der Waals surface area contributed by atoms with E-state index in [1.165, 1.54) is 4.90 Å². The van der Waals surface area contributed by atoms with Gasteiger partial charge in [-0.1, -0.05) is 6.92 Å². The Morgan fingerprint density at radius 2 is 1.88 bits per heavy atom. The zero-order valence-corrected chi connectivity index (χ0v) is 14.0. The number of halogens is 2. The van der Waals surface area contributed by atoms with Crippen molar-refractivity contribution >= 4 is 11.8 Å². The number of benzene rings is 1. The molecule has 7 heteroatoms. The summed E-state index contributed by atoms with van der Waals surface area (Å²) >= 11 is 0. The fourth-order valence-electron chi connectivity index (χ4n) is 2.57. The summed E-state index contributed by atoms with van der Waals surface area (Å²) in [7, 11) is 0. The Hall–Kier alpha value is -2.02. The van der Waals surface area contributed by atoms with Gasteiger partial charge in [0.2, 0.25) is 5.91 Å². The molecule has 1 aromatic carbocycles. The number of nitrogens with zero attached hydrogens (tertiary/aromatic N) is 2. The fraction of sp³-hybridized carbons (Fsp3) is 0.529. The number of hydrogen-bond donors (Lipinski definition) is 1. The van der Waals surface area contributed by atoms with Crippen molar-refractivity contribution in [3.63, 3.8) is 0 Å². The van der Waals surface area contributed by atoms with Crippen molar-refractivity contribution in [1.82, 2.24) is 15.1 Å². The molecular weight excluding hydrogens is 316 g/mol. The highest BCUT2D eigenvalue weighted by molar-refractivity contribution is 5.94. The maximum absolute atomic E-state index is 13.7. The molecule has 1 aliphatic heterocycles. The lowest BCUT2D eigenvalue weighted by Gasteiger charge is -2.34. The predicted octanol–water partition coefficient (Wildman–Crippen LogP) is 1.64. The number of piperazine rings is 1. The third-order valence-corrected chi connectivity index (χ3v) is 4.21. The van der Waals surface area contributed by atoms with Crippen LogP contribution < -0.4 is 5.32 Å². The number of hydrogen-bond acceptors (Lipinski definition) is 3. The fourth-order valence-corrected chi connectivity index (χ4v) is 2.57. The summed E-state index contributed by atoms with van der Waals surface area (Å²) in [5, 5.41) is 2.90. The topological polar surface area (TPSA) is 52.7 Å². The molecule has 0 radical (unpaired) electrons. The minimum Gasteiger partial charge on any atom is -0.353 e. The van der Waals surface area contributed by atoms with Crippen LogP contribution in [0.25, 0.3) is 0 Å². The molecule has 132 valence electrons. The number of amides is 2. The smallest absolute Gasteiger partial charge is 0.257 e. The summed E-state index contributed by atoms with van der Waals surface area (Å²) in [5.74, 6) is -1.92. The van der Waals surface area contributed by atoms with E-state index in [-0.39, 0.29) is 24.1 Å². The highest BCUT2D eigenvalue weighted by atomic mass is 19.1. The highest BCUT2D eigenvalue weighted by Gasteiger charge is 2.25. The average Bonchev–Trinajstić information content (AvgIpc) is 2.57.